The Labute approximate surface area is 223 Å². The molecule has 38 heavy (non-hydrogen) atoms. The Morgan fingerprint density at radius 3 is 1.37 bits per heavy atom. The predicted octanol–water partition coefficient (Wildman–Crippen LogP) is 7.73. The average Bonchev–Trinajstić information content (AvgIpc) is 3.68. The topological polar surface area (TPSA) is 35.6 Å². The van der Waals surface area contributed by atoms with E-state index in [0.717, 1.165) is 46.7 Å². The minimum Gasteiger partial charge on any atom is -0.240 e. The van der Waals surface area contributed by atoms with E-state index in [4.69, 9.17) is 10.2 Å². The maximum atomic E-state index is 4.77. The fourth-order valence-corrected chi connectivity index (χ4v) is 4.56. The van der Waals surface area contributed by atoms with Crippen LogP contribution in [0.4, 0.5) is 0 Å². The quantitative estimate of drug-likeness (QED) is 0.204. The Balaban J connectivity index is 1.10. The summed E-state index contributed by atoms with van der Waals surface area (Å²) in [5.41, 5.74) is 8.89. The minimum absolute atomic E-state index is 0.883. The van der Waals surface area contributed by atoms with Crippen LogP contribution in [-0.2, 0) is 12.8 Å². The van der Waals surface area contributed by atoms with Gasteiger partial charge in [-0.05, 0) is 72.5 Å². The van der Waals surface area contributed by atoms with Crippen molar-refractivity contribution in [3.8, 4) is 33.9 Å². The molecule has 2 aromatic heterocycles. The first-order chi connectivity index (χ1) is 18.8. The van der Waals surface area contributed by atoms with Gasteiger partial charge in [-0.2, -0.15) is 10.2 Å². The minimum atomic E-state index is 0.883. The first-order valence-electron chi connectivity index (χ1n) is 12.9. The lowest BCUT2D eigenvalue weighted by Gasteiger charge is -2.03. The van der Waals surface area contributed by atoms with Gasteiger partial charge in [-0.3, -0.25) is 0 Å². The SMILES string of the molecule is C(=CCc1cccc(-c2ccn(-c3ccccc3)n2)c1)Cc1cccc(-c2ccn(-c3ccccc3)n2)c1. The molecule has 0 spiro atoms. The summed E-state index contributed by atoms with van der Waals surface area (Å²) in [6.45, 7) is 0. The molecular weight excluding hydrogens is 464 g/mol. The lowest BCUT2D eigenvalue weighted by atomic mass is 10.0. The van der Waals surface area contributed by atoms with E-state index in [0.29, 0.717) is 0 Å². The van der Waals surface area contributed by atoms with Crippen LogP contribution < -0.4 is 0 Å². The Morgan fingerprint density at radius 1 is 0.474 bits per heavy atom. The van der Waals surface area contributed by atoms with Crippen molar-refractivity contribution >= 4 is 0 Å². The zero-order valence-corrected chi connectivity index (χ0v) is 21.1. The van der Waals surface area contributed by atoms with E-state index in [-0.39, 0.29) is 0 Å². The molecule has 0 saturated carbocycles. The van der Waals surface area contributed by atoms with Gasteiger partial charge in [0, 0.05) is 23.5 Å². The predicted molar refractivity (Wildman–Crippen MR) is 155 cm³/mol. The fraction of sp³-hybridized carbons (Fsp3) is 0.0588. The van der Waals surface area contributed by atoms with Crippen LogP contribution in [0.5, 0.6) is 0 Å². The number of nitrogens with zero attached hydrogens (tertiary/aromatic N) is 4. The third-order valence-electron chi connectivity index (χ3n) is 6.54. The van der Waals surface area contributed by atoms with E-state index < -0.39 is 0 Å². The van der Waals surface area contributed by atoms with Crippen LogP contribution >= 0.6 is 0 Å². The summed E-state index contributed by atoms with van der Waals surface area (Å²) in [7, 11) is 0. The largest absolute Gasteiger partial charge is 0.240 e. The molecule has 0 aliphatic heterocycles. The Bertz CT molecular complexity index is 1530. The number of benzene rings is 4. The molecule has 4 heteroatoms. The van der Waals surface area contributed by atoms with Crippen LogP contribution in [0.15, 0.2) is 146 Å². The number of allylic oxidation sites excluding steroid dienone is 2. The second kappa shape index (κ2) is 11.0. The van der Waals surface area contributed by atoms with Crippen molar-refractivity contribution in [3.63, 3.8) is 0 Å². The molecule has 6 rings (SSSR count). The summed E-state index contributed by atoms with van der Waals surface area (Å²) in [6, 6.07) is 41.8. The highest BCUT2D eigenvalue weighted by Gasteiger charge is 2.06. The molecule has 0 fully saturated rings. The van der Waals surface area contributed by atoms with Crippen LogP contribution in [0.3, 0.4) is 0 Å². The Morgan fingerprint density at radius 2 is 0.921 bits per heavy atom. The van der Waals surface area contributed by atoms with Crippen LogP contribution in [-0.4, -0.2) is 19.6 Å². The molecule has 0 amide bonds. The summed E-state index contributed by atoms with van der Waals surface area (Å²) >= 11 is 0. The van der Waals surface area contributed by atoms with Crippen molar-refractivity contribution in [2.45, 2.75) is 12.8 Å². The first-order valence-corrected chi connectivity index (χ1v) is 12.9. The maximum absolute atomic E-state index is 4.77. The lowest BCUT2D eigenvalue weighted by Crippen LogP contribution is -1.94. The van der Waals surface area contributed by atoms with Gasteiger partial charge in [0.15, 0.2) is 0 Å². The normalized spacial score (nSPS) is 11.3. The van der Waals surface area contributed by atoms with Crippen LogP contribution in [0.2, 0.25) is 0 Å². The van der Waals surface area contributed by atoms with Gasteiger partial charge in [0.1, 0.15) is 0 Å². The molecule has 0 aliphatic carbocycles. The number of para-hydroxylation sites is 2. The van der Waals surface area contributed by atoms with Gasteiger partial charge in [0.05, 0.1) is 22.8 Å². The van der Waals surface area contributed by atoms with Crippen LogP contribution in [0.1, 0.15) is 11.1 Å². The second-order valence-electron chi connectivity index (χ2n) is 9.24. The van der Waals surface area contributed by atoms with Crippen molar-refractivity contribution < 1.29 is 0 Å². The van der Waals surface area contributed by atoms with Gasteiger partial charge in [0.25, 0.3) is 0 Å². The van der Waals surface area contributed by atoms with Crippen molar-refractivity contribution in [1.29, 1.82) is 0 Å². The van der Waals surface area contributed by atoms with E-state index in [2.05, 4.69) is 97.1 Å². The molecule has 0 N–H and O–H groups in total. The monoisotopic (exact) mass is 492 g/mol. The second-order valence-corrected chi connectivity index (χ2v) is 9.24. The molecule has 6 aromatic rings. The maximum Gasteiger partial charge on any atom is 0.0927 e. The van der Waals surface area contributed by atoms with Gasteiger partial charge in [-0.15, -0.1) is 0 Å². The van der Waals surface area contributed by atoms with E-state index in [9.17, 15) is 0 Å². The van der Waals surface area contributed by atoms with Crippen LogP contribution in [0.25, 0.3) is 33.9 Å². The molecule has 0 atom stereocenters. The summed E-state index contributed by atoms with van der Waals surface area (Å²) in [5.74, 6) is 0. The number of hydrogen-bond donors (Lipinski definition) is 0. The van der Waals surface area contributed by atoms with Crippen molar-refractivity contribution in [2.75, 3.05) is 0 Å². The van der Waals surface area contributed by atoms with E-state index >= 15 is 0 Å². The summed E-state index contributed by atoms with van der Waals surface area (Å²) in [4.78, 5) is 0. The zero-order chi connectivity index (χ0) is 25.6. The highest BCUT2D eigenvalue weighted by Crippen LogP contribution is 2.22. The molecule has 0 radical (unpaired) electrons. The van der Waals surface area contributed by atoms with Gasteiger partial charge >= 0.3 is 0 Å². The highest BCUT2D eigenvalue weighted by atomic mass is 15.3. The standard InChI is InChI=1S/C34H28N4/c1-3-17-31(18-4-1)37-23-21-33(35-37)29-15-9-13-27(25-29)11-7-8-12-28-14-10-16-30(26-28)34-22-24-38(36-34)32-19-5-2-6-20-32/h1-10,13-26H,11-12H2. The zero-order valence-electron chi connectivity index (χ0n) is 21.1. The molecule has 0 bridgehead atoms. The molecule has 0 unspecified atom stereocenters. The van der Waals surface area contributed by atoms with Crippen molar-refractivity contribution in [2.24, 2.45) is 0 Å². The van der Waals surface area contributed by atoms with Gasteiger partial charge in [-0.1, -0.05) is 84.9 Å². The fourth-order valence-electron chi connectivity index (χ4n) is 4.56. The van der Waals surface area contributed by atoms with Crippen LogP contribution in [0, 0.1) is 0 Å². The van der Waals surface area contributed by atoms with E-state index in [1.54, 1.807) is 0 Å². The highest BCUT2D eigenvalue weighted by molar-refractivity contribution is 5.61. The third-order valence-corrected chi connectivity index (χ3v) is 6.54. The Kier molecular flexibility index (Phi) is 6.77. The van der Waals surface area contributed by atoms with E-state index in [1.165, 1.54) is 11.1 Å². The molecule has 4 nitrogen and oxygen atoms in total. The van der Waals surface area contributed by atoms with E-state index in [1.807, 2.05) is 58.2 Å². The third kappa shape index (κ3) is 5.40. The average molecular weight is 493 g/mol. The smallest absolute Gasteiger partial charge is 0.0927 e. The molecule has 0 saturated heterocycles. The molecule has 184 valence electrons. The number of hydrogen-bond acceptors (Lipinski definition) is 2. The van der Waals surface area contributed by atoms with Crippen molar-refractivity contribution in [3.05, 3.63) is 157 Å². The summed E-state index contributed by atoms with van der Waals surface area (Å²) in [5, 5.41) is 9.54. The summed E-state index contributed by atoms with van der Waals surface area (Å²) in [6.07, 6.45) is 10.3. The Hall–Kier alpha value is -4.96. The van der Waals surface area contributed by atoms with Gasteiger partial charge < -0.3 is 0 Å². The van der Waals surface area contributed by atoms with Gasteiger partial charge in [-0.25, -0.2) is 9.36 Å². The molecule has 4 aromatic carbocycles. The molecule has 0 aliphatic rings. The molecule has 2 heterocycles. The number of rotatable bonds is 8. The molecular formula is C34H28N4. The summed E-state index contributed by atoms with van der Waals surface area (Å²) < 4.78 is 3.84. The number of aromatic nitrogens is 4. The van der Waals surface area contributed by atoms with Crippen molar-refractivity contribution in [1.82, 2.24) is 19.6 Å². The first kappa shape index (κ1) is 23.4. The lowest BCUT2D eigenvalue weighted by molar-refractivity contribution is 0.884. The van der Waals surface area contributed by atoms with Gasteiger partial charge in [0.2, 0.25) is 0 Å².